The topological polar surface area (TPSA) is 91.2 Å². The fourth-order valence-corrected chi connectivity index (χ4v) is 5.11. The Morgan fingerprint density at radius 1 is 1.06 bits per heavy atom. The minimum Gasteiger partial charge on any atom is -0.344 e. The number of hydrogen-bond acceptors (Lipinski definition) is 7. The molecule has 2 N–H and O–H groups in total. The molecule has 0 bridgehead atoms. The molecule has 1 saturated carbocycles. The van der Waals surface area contributed by atoms with E-state index in [1.807, 2.05) is 16.9 Å². The predicted molar refractivity (Wildman–Crippen MR) is 125 cm³/mol. The third-order valence-electron chi connectivity index (χ3n) is 6.08. The molecule has 2 fully saturated rings. The third-order valence-corrected chi connectivity index (χ3v) is 6.98. The number of rotatable bonds is 6. The van der Waals surface area contributed by atoms with E-state index in [0.29, 0.717) is 5.13 Å². The van der Waals surface area contributed by atoms with Crippen molar-refractivity contribution in [1.29, 1.82) is 0 Å². The van der Waals surface area contributed by atoms with Crippen LogP contribution in [-0.4, -0.2) is 63.1 Å². The molecule has 2 aliphatic rings. The van der Waals surface area contributed by atoms with E-state index in [0.717, 1.165) is 56.4 Å². The quantitative estimate of drug-likeness (QED) is 0.597. The van der Waals surface area contributed by atoms with Crippen molar-refractivity contribution in [3.63, 3.8) is 0 Å². The van der Waals surface area contributed by atoms with Crippen LogP contribution in [0, 0.1) is 0 Å². The Balaban J connectivity index is 1.09. The number of aromatic nitrogens is 4. The molecule has 3 heterocycles. The van der Waals surface area contributed by atoms with Crippen molar-refractivity contribution >= 4 is 27.6 Å². The Hall–Kier alpha value is -2.98. The first-order valence-corrected chi connectivity index (χ1v) is 12.0. The smallest absolute Gasteiger partial charge is 0.321 e. The molecule has 0 atom stereocenters. The molecule has 5 rings (SSSR count). The molecule has 1 aromatic carbocycles. The molecular weight excluding hydrogens is 424 g/mol. The van der Waals surface area contributed by atoms with Gasteiger partial charge in [-0.3, -0.25) is 10.2 Å². The minimum absolute atomic E-state index is 0.178. The number of amides is 2. The van der Waals surface area contributed by atoms with E-state index in [1.165, 1.54) is 29.7 Å². The van der Waals surface area contributed by atoms with E-state index < -0.39 is 0 Å². The Kier molecular flexibility index (Phi) is 6.31. The molecule has 168 valence electrons. The number of carbonyl (C=O) groups is 1. The Morgan fingerprint density at radius 2 is 1.84 bits per heavy atom. The van der Waals surface area contributed by atoms with Crippen LogP contribution < -0.4 is 15.5 Å². The van der Waals surface area contributed by atoms with Gasteiger partial charge in [-0.1, -0.05) is 36.3 Å². The van der Waals surface area contributed by atoms with Gasteiger partial charge in [0.2, 0.25) is 10.3 Å². The Labute approximate surface area is 191 Å². The van der Waals surface area contributed by atoms with E-state index >= 15 is 0 Å². The van der Waals surface area contributed by atoms with Crippen LogP contribution in [0.5, 0.6) is 0 Å². The summed E-state index contributed by atoms with van der Waals surface area (Å²) in [5.41, 5.74) is 2.37. The molecule has 0 spiro atoms. The van der Waals surface area contributed by atoms with Gasteiger partial charge in [-0.05, 0) is 36.6 Å². The lowest BCUT2D eigenvalue weighted by Gasteiger charge is -2.34. The molecule has 2 amide bonds. The number of carbonyl (C=O) groups excluding carboxylic acids is 1. The van der Waals surface area contributed by atoms with Gasteiger partial charge in [0, 0.05) is 51.2 Å². The van der Waals surface area contributed by atoms with E-state index in [-0.39, 0.29) is 12.1 Å². The molecule has 0 radical (unpaired) electrons. The summed E-state index contributed by atoms with van der Waals surface area (Å²) >= 11 is 1.44. The molecule has 32 heavy (non-hydrogen) atoms. The summed E-state index contributed by atoms with van der Waals surface area (Å²) in [4.78, 5) is 16.8. The molecular formula is C22H28N8OS. The largest absolute Gasteiger partial charge is 0.344 e. The Morgan fingerprint density at radius 3 is 2.56 bits per heavy atom. The first-order chi connectivity index (χ1) is 15.7. The Bertz CT molecular complexity index is 1000. The molecule has 2 aromatic heterocycles. The second-order valence-corrected chi connectivity index (χ2v) is 9.31. The molecule has 9 nitrogen and oxygen atoms in total. The lowest BCUT2D eigenvalue weighted by Crippen LogP contribution is -2.45. The van der Waals surface area contributed by atoms with Crippen molar-refractivity contribution in [2.45, 2.75) is 38.3 Å². The average molecular weight is 453 g/mol. The van der Waals surface area contributed by atoms with Gasteiger partial charge < -0.3 is 10.2 Å². The van der Waals surface area contributed by atoms with Crippen molar-refractivity contribution in [3.8, 4) is 5.69 Å². The number of nitrogens with zero attached hydrogens (tertiary/aromatic N) is 6. The third kappa shape index (κ3) is 5.08. The zero-order valence-electron chi connectivity index (χ0n) is 18.0. The predicted octanol–water partition coefficient (Wildman–Crippen LogP) is 3.11. The number of hydrogen-bond donors (Lipinski definition) is 2. The van der Waals surface area contributed by atoms with Crippen molar-refractivity contribution < 1.29 is 4.79 Å². The highest BCUT2D eigenvalue weighted by Gasteiger charge is 2.22. The second kappa shape index (κ2) is 9.66. The van der Waals surface area contributed by atoms with Gasteiger partial charge in [-0.15, -0.1) is 10.2 Å². The van der Waals surface area contributed by atoms with Crippen LogP contribution in [0.25, 0.3) is 5.69 Å². The number of nitrogens with one attached hydrogen (secondary N) is 2. The van der Waals surface area contributed by atoms with Crippen molar-refractivity contribution in [1.82, 2.24) is 30.2 Å². The van der Waals surface area contributed by atoms with Crippen molar-refractivity contribution in [2.75, 3.05) is 36.4 Å². The van der Waals surface area contributed by atoms with Gasteiger partial charge in [-0.25, -0.2) is 9.48 Å². The molecule has 1 saturated heterocycles. The van der Waals surface area contributed by atoms with Gasteiger partial charge in [0.1, 0.15) is 0 Å². The second-order valence-electron chi connectivity index (χ2n) is 8.35. The van der Waals surface area contributed by atoms with E-state index in [2.05, 4.69) is 60.0 Å². The number of urea groups is 1. The number of anilines is 2. The lowest BCUT2D eigenvalue weighted by molar-refractivity contribution is 0.248. The van der Waals surface area contributed by atoms with Gasteiger partial charge in [-0.2, -0.15) is 5.10 Å². The average Bonchev–Trinajstić information content (AvgIpc) is 3.58. The standard InChI is InChI=1S/C22H28N8OS/c31-20(24-18-4-1-2-5-18)25-21-26-27-22(32-21)29-14-12-28(13-15-29)16-17-6-8-19(9-7-17)30-11-3-10-23-30/h3,6-11,18H,1-2,4-5,12-16H2,(H2,24,25,26,31). The monoisotopic (exact) mass is 452 g/mol. The highest BCUT2D eigenvalue weighted by atomic mass is 32.1. The SMILES string of the molecule is O=C(Nc1nnc(N2CCN(Cc3ccc(-n4cccn4)cc3)CC2)s1)NC1CCCC1. The minimum atomic E-state index is -0.178. The van der Waals surface area contributed by atoms with Crippen LogP contribution in [-0.2, 0) is 6.54 Å². The van der Waals surface area contributed by atoms with Crippen LogP contribution in [0.4, 0.5) is 15.1 Å². The summed E-state index contributed by atoms with van der Waals surface area (Å²) in [5, 5.41) is 20.0. The normalized spacial score (nSPS) is 17.6. The summed E-state index contributed by atoms with van der Waals surface area (Å²) in [6.07, 6.45) is 8.24. The maximum Gasteiger partial charge on any atom is 0.321 e. The van der Waals surface area contributed by atoms with Crippen molar-refractivity contribution in [3.05, 3.63) is 48.3 Å². The first kappa shape index (κ1) is 20.9. The summed E-state index contributed by atoms with van der Waals surface area (Å²) in [5.74, 6) is 0. The molecule has 0 unspecified atom stereocenters. The van der Waals surface area contributed by atoms with Gasteiger partial charge in [0.05, 0.1) is 5.69 Å². The molecule has 1 aliphatic carbocycles. The fourth-order valence-electron chi connectivity index (χ4n) is 4.31. The first-order valence-electron chi connectivity index (χ1n) is 11.2. The van der Waals surface area contributed by atoms with Gasteiger partial charge in [0.15, 0.2) is 0 Å². The number of benzene rings is 1. The van der Waals surface area contributed by atoms with Gasteiger partial charge >= 0.3 is 6.03 Å². The van der Waals surface area contributed by atoms with Gasteiger partial charge in [0.25, 0.3) is 0 Å². The van der Waals surface area contributed by atoms with E-state index in [1.54, 1.807) is 6.20 Å². The summed E-state index contributed by atoms with van der Waals surface area (Å²) in [6, 6.07) is 10.6. The highest BCUT2D eigenvalue weighted by Crippen LogP contribution is 2.25. The van der Waals surface area contributed by atoms with Crippen LogP contribution in [0.3, 0.4) is 0 Å². The van der Waals surface area contributed by atoms with E-state index in [9.17, 15) is 4.79 Å². The van der Waals surface area contributed by atoms with E-state index in [4.69, 9.17) is 0 Å². The molecule has 3 aromatic rings. The van der Waals surface area contributed by atoms with Crippen LogP contribution in [0.1, 0.15) is 31.2 Å². The summed E-state index contributed by atoms with van der Waals surface area (Å²) < 4.78 is 1.87. The molecule has 10 heteroatoms. The highest BCUT2D eigenvalue weighted by molar-refractivity contribution is 7.19. The van der Waals surface area contributed by atoms with Crippen LogP contribution in [0.2, 0.25) is 0 Å². The molecule has 1 aliphatic heterocycles. The van der Waals surface area contributed by atoms with Crippen molar-refractivity contribution in [2.24, 2.45) is 0 Å². The zero-order chi connectivity index (χ0) is 21.8. The lowest BCUT2D eigenvalue weighted by atomic mass is 10.2. The maximum absolute atomic E-state index is 12.1. The number of piperazine rings is 1. The zero-order valence-corrected chi connectivity index (χ0v) is 18.8. The summed E-state index contributed by atoms with van der Waals surface area (Å²) in [7, 11) is 0. The fraction of sp³-hybridized carbons (Fsp3) is 0.455. The van der Waals surface area contributed by atoms with Crippen LogP contribution in [0.15, 0.2) is 42.7 Å². The maximum atomic E-state index is 12.1. The summed E-state index contributed by atoms with van der Waals surface area (Å²) in [6.45, 7) is 4.65. The van der Waals surface area contributed by atoms with Crippen LogP contribution >= 0.6 is 11.3 Å².